The summed E-state index contributed by atoms with van der Waals surface area (Å²) in [6, 6.07) is 0. The van der Waals surface area contributed by atoms with Crippen LogP contribution in [0.1, 0.15) is 2.85 Å². The summed E-state index contributed by atoms with van der Waals surface area (Å²) in [7, 11) is -1.42. The van der Waals surface area contributed by atoms with Crippen molar-refractivity contribution in [3.8, 4) is 0 Å². The predicted molar refractivity (Wildman–Crippen MR) is 25.0 cm³/mol. The van der Waals surface area contributed by atoms with Gasteiger partial charge in [-0.15, -0.1) is 0 Å². The van der Waals surface area contributed by atoms with Gasteiger partial charge in [0.05, 0.1) is 0 Å². The third-order valence-corrected chi connectivity index (χ3v) is 0. The Morgan fingerprint density at radius 2 is 1.40 bits per heavy atom. The Labute approximate surface area is 85.8 Å². The zero-order valence-electron chi connectivity index (χ0n) is 4.02. The molecule has 0 saturated heterocycles. The Hall–Kier alpha value is 1.92. The maximum atomic E-state index is 8.40. The van der Waals surface area contributed by atoms with Crippen molar-refractivity contribution in [3.63, 3.8) is 0 Å². The Kier molecular flexibility index (Phi) is 53.0. The summed E-state index contributed by atoms with van der Waals surface area (Å²) in [5.74, 6) is 0. The van der Waals surface area contributed by atoms with E-state index in [1.54, 1.807) is 0 Å². The van der Waals surface area contributed by atoms with Crippen LogP contribution in [-0.4, -0.2) is 75.5 Å². The summed E-state index contributed by atoms with van der Waals surface area (Å²) >= 11 is 0. The molecule has 0 aromatic carbocycles. The molecular weight excluding hydrogens is 224 g/mol. The van der Waals surface area contributed by atoms with Gasteiger partial charge in [0.25, 0.3) is 0 Å². The van der Waals surface area contributed by atoms with Gasteiger partial charge in [-0.05, 0) is 0 Å². The monoisotopic (exact) mass is 230 g/mol. The molecule has 0 bridgehead atoms. The summed E-state index contributed by atoms with van der Waals surface area (Å²) in [4.78, 5) is 0. The van der Waals surface area contributed by atoms with Crippen molar-refractivity contribution in [1.29, 1.82) is 0 Å². The van der Waals surface area contributed by atoms with Crippen molar-refractivity contribution < 1.29 is 11.8 Å². The predicted octanol–water partition coefficient (Wildman–Crippen LogP) is -1.96. The van der Waals surface area contributed by atoms with Crippen molar-refractivity contribution in [3.05, 3.63) is 0 Å². The smallest absolute Gasteiger partial charge is 1.00 e. The molecule has 0 aromatic heterocycles. The fourth-order valence-electron chi connectivity index (χ4n) is 0. The van der Waals surface area contributed by atoms with E-state index in [1.807, 2.05) is 0 Å². The van der Waals surface area contributed by atoms with Gasteiger partial charge in [0, 0.05) is 0 Å². The van der Waals surface area contributed by atoms with Crippen molar-refractivity contribution in [1.82, 2.24) is 0 Å². The summed E-state index contributed by atoms with van der Waals surface area (Å²) in [6.07, 6.45) is 0. The van der Waals surface area contributed by atoms with Crippen molar-refractivity contribution in [2.45, 2.75) is 0 Å². The molecule has 0 aromatic rings. The van der Waals surface area contributed by atoms with E-state index in [0.717, 1.165) is 0 Å². The van der Waals surface area contributed by atoms with Gasteiger partial charge in [0.1, 0.15) is 0 Å². The van der Waals surface area contributed by atoms with Crippen LogP contribution in [0.2, 0.25) is 0 Å². The molecule has 0 atom stereocenters. The minimum atomic E-state index is -1.42. The van der Waals surface area contributed by atoms with Gasteiger partial charge in [-0.3, -0.25) is 8.92 Å². The maximum absolute atomic E-state index is 8.40. The minimum absolute atomic E-state index is 0. The molecule has 0 fully saturated rings. The van der Waals surface area contributed by atoms with Crippen LogP contribution in [-0.2, 0) is 8.92 Å². The summed E-state index contributed by atoms with van der Waals surface area (Å²) in [6.45, 7) is 0. The zero-order valence-corrected chi connectivity index (χ0v) is 7.46. The fraction of sp³-hybridized carbons (Fsp3) is 0. The molecule has 0 aliphatic rings. The van der Waals surface area contributed by atoms with E-state index in [1.165, 1.54) is 0 Å². The second-order valence-electron chi connectivity index (χ2n) is 0.0833. The first-order valence-corrected chi connectivity index (χ1v) is 1.22. The van der Waals surface area contributed by atoms with Crippen LogP contribution in [0.15, 0.2) is 0 Å². The van der Waals surface area contributed by atoms with Crippen LogP contribution in [0, 0.1) is 0 Å². The molecule has 26 valence electrons. The molecule has 0 aliphatic carbocycles. The molecule has 0 spiro atoms. The minimum Gasteiger partial charge on any atom is -1.00 e. The Morgan fingerprint density at radius 3 is 1.40 bits per heavy atom. The molecular formula is H5AlBaO2Si. The van der Waals surface area contributed by atoms with Gasteiger partial charge >= 0.3 is 58.2 Å². The first-order valence-electron chi connectivity index (χ1n) is 0.408. The molecule has 0 radical (unpaired) electrons. The maximum Gasteiger partial charge on any atom is 2.00 e. The van der Waals surface area contributed by atoms with Gasteiger partial charge in [-0.2, -0.15) is 0 Å². The first-order chi connectivity index (χ1) is 1.41. The van der Waals surface area contributed by atoms with Gasteiger partial charge in [-0.25, -0.2) is 0 Å². The molecule has 0 aliphatic heterocycles. The van der Waals surface area contributed by atoms with Crippen molar-refractivity contribution in [2.75, 3.05) is 0 Å². The summed E-state index contributed by atoms with van der Waals surface area (Å²) in [5, 5.41) is 0. The Balaban J connectivity index is -0.00000000333. The topological polar surface area (TPSA) is 34.1 Å². The van der Waals surface area contributed by atoms with E-state index in [2.05, 4.69) is 0 Å². The van der Waals surface area contributed by atoms with E-state index < -0.39 is 9.29 Å². The average Bonchev–Trinajstić information content (AvgIpc) is 0.918. The standard InChI is InChI=1S/Al.Ba.O2Si.5H/c;;1-3-2;;;;;/q;+2;;;;;2*-1. The van der Waals surface area contributed by atoms with Crippen LogP contribution in [0.4, 0.5) is 0 Å². The normalized spacial score (nSPS) is 1.60. The molecule has 5 heavy (non-hydrogen) atoms. The largest absolute Gasteiger partial charge is 2.00 e. The van der Waals surface area contributed by atoms with Gasteiger partial charge in [-0.1, -0.05) is 0 Å². The van der Waals surface area contributed by atoms with Gasteiger partial charge < -0.3 is 2.85 Å². The second kappa shape index (κ2) is 16.8. The number of hydrogen-bond donors (Lipinski definition) is 0. The van der Waals surface area contributed by atoms with Crippen LogP contribution >= 0.6 is 0 Å². The van der Waals surface area contributed by atoms with E-state index >= 15 is 0 Å². The summed E-state index contributed by atoms with van der Waals surface area (Å²) in [5.41, 5.74) is 0. The number of rotatable bonds is 0. The number of hydrogen-bond acceptors (Lipinski definition) is 2. The molecule has 0 amide bonds. The van der Waals surface area contributed by atoms with Crippen LogP contribution in [0.25, 0.3) is 0 Å². The Morgan fingerprint density at radius 1 is 1.40 bits per heavy atom. The fourth-order valence-corrected chi connectivity index (χ4v) is 0. The molecule has 0 saturated carbocycles. The van der Waals surface area contributed by atoms with Gasteiger partial charge in [0.15, 0.2) is 17.4 Å². The average molecular weight is 229 g/mol. The first kappa shape index (κ1) is 15.8. The van der Waals surface area contributed by atoms with Crippen LogP contribution in [0.3, 0.4) is 0 Å². The third-order valence-electron chi connectivity index (χ3n) is 0. The Bertz CT molecular complexity index is 36.7. The van der Waals surface area contributed by atoms with E-state index in [0.29, 0.717) is 0 Å². The van der Waals surface area contributed by atoms with Crippen molar-refractivity contribution in [2.24, 2.45) is 0 Å². The molecule has 0 N–H and O–H groups in total. The quantitative estimate of drug-likeness (QED) is 0.452. The van der Waals surface area contributed by atoms with E-state index in [-0.39, 0.29) is 69.1 Å². The van der Waals surface area contributed by atoms with E-state index in [4.69, 9.17) is 8.92 Å². The summed E-state index contributed by atoms with van der Waals surface area (Å²) < 4.78 is 16.8. The second-order valence-corrected chi connectivity index (χ2v) is 0.250. The molecule has 0 unspecified atom stereocenters. The molecule has 0 heterocycles. The SMILES string of the molecule is O=[Si]=O.[AlH3].[Ba+2].[H-].[H-]. The van der Waals surface area contributed by atoms with Crippen molar-refractivity contribution >= 4 is 75.5 Å². The molecule has 0 rings (SSSR count). The third kappa shape index (κ3) is 24.7. The van der Waals surface area contributed by atoms with E-state index in [9.17, 15) is 0 Å². The van der Waals surface area contributed by atoms with Crippen LogP contribution in [0.5, 0.6) is 0 Å². The molecule has 5 heteroatoms. The zero-order chi connectivity index (χ0) is 2.71. The van der Waals surface area contributed by atoms with Gasteiger partial charge in [0.2, 0.25) is 0 Å². The van der Waals surface area contributed by atoms with Crippen LogP contribution < -0.4 is 0 Å². The molecule has 2 nitrogen and oxygen atoms in total.